The Hall–Kier alpha value is -0.740. The van der Waals surface area contributed by atoms with Crippen LogP contribution in [0.5, 0.6) is 5.75 Å². The molecule has 0 saturated heterocycles. The molecule has 0 bridgehead atoms. The lowest BCUT2D eigenvalue weighted by Crippen LogP contribution is -1.99. The molecule has 1 aromatic rings. The molecule has 0 spiro atoms. The third-order valence-electron chi connectivity index (χ3n) is 1.48. The van der Waals surface area contributed by atoms with Gasteiger partial charge in [0.15, 0.2) is 5.75 Å². The number of ether oxygens (including phenoxy) is 1. The van der Waals surface area contributed by atoms with Crippen LogP contribution in [-0.2, 0) is 0 Å². The van der Waals surface area contributed by atoms with Gasteiger partial charge in [-0.05, 0) is 28.1 Å². The highest BCUT2D eigenvalue weighted by molar-refractivity contribution is 9.10. The van der Waals surface area contributed by atoms with Crippen molar-refractivity contribution in [3.8, 4) is 5.75 Å². The molecule has 0 aliphatic rings. The zero-order chi connectivity index (χ0) is 10.0. The van der Waals surface area contributed by atoms with Crippen molar-refractivity contribution in [1.82, 2.24) is 0 Å². The lowest BCUT2D eigenvalue weighted by atomic mass is 10.2. The summed E-state index contributed by atoms with van der Waals surface area (Å²) >= 11 is 8.86. The van der Waals surface area contributed by atoms with Gasteiger partial charge in [0.05, 0.1) is 22.2 Å². The van der Waals surface area contributed by atoms with Crippen molar-refractivity contribution in [2.75, 3.05) is 7.11 Å². The zero-order valence-electron chi connectivity index (χ0n) is 6.67. The molecule has 0 unspecified atom stereocenters. The second kappa shape index (κ2) is 3.98. The fourth-order valence-corrected chi connectivity index (χ4v) is 1.91. The Balaban J connectivity index is 3.35. The van der Waals surface area contributed by atoms with E-state index in [2.05, 4.69) is 15.9 Å². The van der Waals surface area contributed by atoms with Crippen LogP contribution in [0.2, 0.25) is 5.02 Å². The summed E-state index contributed by atoms with van der Waals surface area (Å²) in [5, 5.41) is 9.12. The average Bonchev–Trinajstić information content (AvgIpc) is 2.04. The first-order valence-corrected chi connectivity index (χ1v) is 4.50. The summed E-state index contributed by atoms with van der Waals surface area (Å²) in [5.74, 6) is -0.691. The zero-order valence-corrected chi connectivity index (χ0v) is 9.02. The highest BCUT2D eigenvalue weighted by atomic mass is 79.9. The third kappa shape index (κ3) is 1.95. The van der Waals surface area contributed by atoms with Crippen LogP contribution in [-0.4, -0.2) is 18.2 Å². The second-order valence-electron chi connectivity index (χ2n) is 2.25. The van der Waals surface area contributed by atoms with Crippen LogP contribution in [0, 0.1) is 0 Å². The number of halogens is 2. The molecular weight excluding hydrogens is 259 g/mol. The Kier molecular flexibility index (Phi) is 3.17. The molecular formula is C8H6BrClO3. The highest BCUT2D eigenvalue weighted by Gasteiger charge is 2.14. The van der Waals surface area contributed by atoms with Crippen molar-refractivity contribution in [2.45, 2.75) is 0 Å². The third-order valence-corrected chi connectivity index (χ3v) is 2.57. The molecule has 1 aromatic carbocycles. The minimum atomic E-state index is -1.03. The quantitative estimate of drug-likeness (QED) is 0.894. The number of methoxy groups -OCH3 is 1. The summed E-state index contributed by atoms with van der Waals surface area (Å²) in [4.78, 5) is 10.7. The number of carboxylic acids is 1. The van der Waals surface area contributed by atoms with E-state index in [1.807, 2.05) is 0 Å². The van der Waals surface area contributed by atoms with Crippen molar-refractivity contribution in [3.05, 3.63) is 27.2 Å². The molecule has 13 heavy (non-hydrogen) atoms. The molecule has 0 heterocycles. The molecule has 5 heteroatoms. The molecule has 0 aromatic heterocycles. The van der Waals surface area contributed by atoms with Gasteiger partial charge in [0.1, 0.15) is 0 Å². The van der Waals surface area contributed by atoms with Gasteiger partial charge in [0, 0.05) is 0 Å². The Labute approximate surface area is 88.4 Å². The largest absolute Gasteiger partial charge is 0.494 e. The minimum absolute atomic E-state index is 0.126. The lowest BCUT2D eigenvalue weighted by molar-refractivity contribution is 0.0695. The maximum Gasteiger partial charge on any atom is 0.336 e. The molecule has 1 N–H and O–H groups in total. The fourth-order valence-electron chi connectivity index (χ4n) is 0.885. The number of hydrogen-bond acceptors (Lipinski definition) is 2. The van der Waals surface area contributed by atoms with Crippen LogP contribution < -0.4 is 4.74 Å². The first-order valence-electron chi connectivity index (χ1n) is 3.33. The standard InChI is InChI=1S/C8H6BrClO3/c1-13-7-5(10)3-2-4(6(7)9)8(11)12/h2-3H,1H3,(H,11,12). The molecule has 0 atom stereocenters. The van der Waals surface area contributed by atoms with Crippen molar-refractivity contribution in [1.29, 1.82) is 0 Å². The summed E-state index contributed by atoms with van der Waals surface area (Å²) in [5.41, 5.74) is 0.126. The molecule has 0 aliphatic carbocycles. The van der Waals surface area contributed by atoms with Gasteiger partial charge in [-0.15, -0.1) is 0 Å². The van der Waals surface area contributed by atoms with Crippen molar-refractivity contribution in [2.24, 2.45) is 0 Å². The maximum atomic E-state index is 10.7. The molecule has 0 fully saturated rings. The van der Waals surface area contributed by atoms with Crippen molar-refractivity contribution in [3.63, 3.8) is 0 Å². The van der Waals surface area contributed by atoms with E-state index in [0.717, 1.165) is 0 Å². The maximum absolute atomic E-state index is 10.7. The van der Waals surface area contributed by atoms with E-state index in [1.165, 1.54) is 19.2 Å². The van der Waals surface area contributed by atoms with E-state index in [4.69, 9.17) is 21.4 Å². The molecule has 0 radical (unpaired) electrons. The number of carboxylic acid groups (broad SMARTS) is 1. The Morgan fingerprint density at radius 3 is 2.69 bits per heavy atom. The van der Waals surface area contributed by atoms with Gasteiger partial charge in [-0.2, -0.15) is 0 Å². The van der Waals surface area contributed by atoms with E-state index in [0.29, 0.717) is 15.2 Å². The van der Waals surface area contributed by atoms with Gasteiger partial charge >= 0.3 is 5.97 Å². The molecule has 70 valence electrons. The van der Waals surface area contributed by atoms with Crippen molar-refractivity contribution >= 4 is 33.5 Å². The van der Waals surface area contributed by atoms with E-state index >= 15 is 0 Å². The van der Waals surface area contributed by atoms with Gasteiger partial charge in [-0.25, -0.2) is 4.79 Å². The monoisotopic (exact) mass is 264 g/mol. The van der Waals surface area contributed by atoms with Gasteiger partial charge in [0.25, 0.3) is 0 Å². The summed E-state index contributed by atoms with van der Waals surface area (Å²) in [7, 11) is 1.43. The van der Waals surface area contributed by atoms with Crippen LogP contribution >= 0.6 is 27.5 Å². The predicted octanol–water partition coefficient (Wildman–Crippen LogP) is 2.81. The molecule has 0 amide bonds. The van der Waals surface area contributed by atoms with E-state index in [9.17, 15) is 4.79 Å². The van der Waals surface area contributed by atoms with Gasteiger partial charge < -0.3 is 9.84 Å². The van der Waals surface area contributed by atoms with Crippen LogP contribution in [0.1, 0.15) is 10.4 Å². The van der Waals surface area contributed by atoms with Gasteiger partial charge in [0.2, 0.25) is 0 Å². The number of carbonyl (C=O) groups is 1. The number of benzene rings is 1. The lowest BCUT2D eigenvalue weighted by Gasteiger charge is -2.07. The predicted molar refractivity (Wildman–Crippen MR) is 52.7 cm³/mol. The highest BCUT2D eigenvalue weighted by Crippen LogP contribution is 2.35. The van der Waals surface area contributed by atoms with Crippen LogP contribution in [0.4, 0.5) is 0 Å². The van der Waals surface area contributed by atoms with Crippen LogP contribution in [0.3, 0.4) is 0 Å². The smallest absolute Gasteiger partial charge is 0.336 e. The second-order valence-corrected chi connectivity index (χ2v) is 3.45. The summed E-state index contributed by atoms with van der Waals surface area (Å²) in [6.07, 6.45) is 0. The van der Waals surface area contributed by atoms with E-state index in [1.54, 1.807) is 0 Å². The topological polar surface area (TPSA) is 46.5 Å². The summed E-state index contributed by atoms with van der Waals surface area (Å²) in [6, 6.07) is 2.89. The van der Waals surface area contributed by atoms with Crippen molar-refractivity contribution < 1.29 is 14.6 Å². The van der Waals surface area contributed by atoms with Gasteiger partial charge in [-0.1, -0.05) is 11.6 Å². The molecule has 0 saturated carbocycles. The summed E-state index contributed by atoms with van der Waals surface area (Å²) in [6.45, 7) is 0. The summed E-state index contributed by atoms with van der Waals surface area (Å²) < 4.78 is 5.28. The van der Waals surface area contributed by atoms with Crippen LogP contribution in [0.25, 0.3) is 0 Å². The Morgan fingerprint density at radius 1 is 1.62 bits per heavy atom. The first-order chi connectivity index (χ1) is 6.07. The van der Waals surface area contributed by atoms with Crippen LogP contribution in [0.15, 0.2) is 16.6 Å². The van der Waals surface area contributed by atoms with Gasteiger partial charge in [-0.3, -0.25) is 0 Å². The first kappa shape index (κ1) is 10.3. The Morgan fingerprint density at radius 2 is 2.23 bits per heavy atom. The number of aromatic carboxylic acids is 1. The fraction of sp³-hybridized carbons (Fsp3) is 0.125. The van der Waals surface area contributed by atoms with E-state index < -0.39 is 5.97 Å². The molecule has 3 nitrogen and oxygen atoms in total. The number of hydrogen-bond donors (Lipinski definition) is 1. The normalized spacial score (nSPS) is 9.77. The van der Waals surface area contributed by atoms with E-state index in [-0.39, 0.29) is 5.56 Å². The Bertz CT molecular complexity index is 351. The average molecular weight is 265 g/mol. The number of rotatable bonds is 2. The SMILES string of the molecule is COc1c(Cl)ccc(C(=O)O)c1Br. The minimum Gasteiger partial charge on any atom is -0.494 e. The molecule has 1 rings (SSSR count). The molecule has 0 aliphatic heterocycles.